The average molecular weight is 499 g/mol. The normalized spacial score (nSPS) is 10.4. The lowest BCUT2D eigenvalue weighted by Crippen LogP contribution is -2.13. The van der Waals surface area contributed by atoms with Crippen LogP contribution in [0.25, 0.3) is 10.6 Å². The van der Waals surface area contributed by atoms with Crippen molar-refractivity contribution >= 4 is 56.7 Å². The van der Waals surface area contributed by atoms with Gasteiger partial charge >= 0.3 is 6.09 Å². The molecular formula is C17H18N6O6S3. The van der Waals surface area contributed by atoms with Crippen LogP contribution in [0.4, 0.5) is 15.1 Å². The predicted molar refractivity (Wildman–Crippen MR) is 120 cm³/mol. The maximum Gasteiger partial charge on any atom is 0.413 e. The van der Waals surface area contributed by atoms with Crippen LogP contribution in [0, 0.1) is 0 Å². The molecule has 32 heavy (non-hydrogen) atoms. The molecule has 2 heterocycles. The summed E-state index contributed by atoms with van der Waals surface area (Å²) in [6.45, 7) is 0. The largest absolute Gasteiger partial charge is 0.493 e. The lowest BCUT2D eigenvalue weighted by molar-refractivity contribution is -0.113. The summed E-state index contributed by atoms with van der Waals surface area (Å²) >= 11 is 3.50. The van der Waals surface area contributed by atoms with Gasteiger partial charge < -0.3 is 18.9 Å². The third-order valence-electron chi connectivity index (χ3n) is 3.71. The number of methoxy groups -OCH3 is 4. The predicted octanol–water partition coefficient (Wildman–Crippen LogP) is 2.99. The van der Waals surface area contributed by atoms with Gasteiger partial charge in [0.2, 0.25) is 21.9 Å². The first kappa shape index (κ1) is 23.5. The van der Waals surface area contributed by atoms with E-state index in [1.165, 1.54) is 51.5 Å². The van der Waals surface area contributed by atoms with Crippen molar-refractivity contribution in [1.29, 1.82) is 0 Å². The molecule has 3 rings (SSSR count). The zero-order chi connectivity index (χ0) is 23.1. The molecule has 12 nitrogen and oxygen atoms in total. The first-order valence-corrected chi connectivity index (χ1v) is 11.3. The molecule has 0 radical (unpaired) electrons. The molecule has 1 aromatic carbocycles. The van der Waals surface area contributed by atoms with E-state index in [2.05, 4.69) is 35.8 Å². The van der Waals surface area contributed by atoms with Gasteiger partial charge in [0, 0.05) is 5.56 Å². The van der Waals surface area contributed by atoms with Crippen LogP contribution in [0.15, 0.2) is 16.5 Å². The number of nitrogens with zero attached hydrogens (tertiary/aromatic N) is 4. The smallest absolute Gasteiger partial charge is 0.413 e. The fourth-order valence-electron chi connectivity index (χ4n) is 2.33. The fourth-order valence-corrected chi connectivity index (χ4v) is 4.62. The van der Waals surface area contributed by atoms with Gasteiger partial charge in [-0.05, 0) is 12.1 Å². The Hall–Kier alpha value is -3.17. The number of hydrogen-bond donors (Lipinski definition) is 2. The van der Waals surface area contributed by atoms with Gasteiger partial charge in [0.05, 0.1) is 34.2 Å². The fraction of sp³-hybridized carbons (Fsp3) is 0.294. The molecule has 0 saturated carbocycles. The summed E-state index contributed by atoms with van der Waals surface area (Å²) in [6, 6.07) is 3.50. The van der Waals surface area contributed by atoms with E-state index in [1.807, 2.05) is 0 Å². The van der Waals surface area contributed by atoms with Crippen molar-refractivity contribution in [3.05, 3.63) is 12.1 Å². The van der Waals surface area contributed by atoms with Crippen molar-refractivity contribution in [3.8, 4) is 27.8 Å². The molecule has 0 aliphatic rings. The Bertz CT molecular complexity index is 1080. The number of aromatic nitrogens is 4. The van der Waals surface area contributed by atoms with Gasteiger partial charge in [-0.25, -0.2) is 4.79 Å². The Morgan fingerprint density at radius 1 is 0.906 bits per heavy atom. The summed E-state index contributed by atoms with van der Waals surface area (Å²) < 4.78 is 21.0. The number of amides is 2. The molecule has 2 amide bonds. The lowest BCUT2D eigenvalue weighted by atomic mass is 10.2. The SMILES string of the molecule is COC(=O)Nc1nnc(SCC(=O)Nc2nnc(-c3cc(OC)c(OC)c(OC)c3)s2)s1. The van der Waals surface area contributed by atoms with E-state index < -0.39 is 6.09 Å². The van der Waals surface area contributed by atoms with Crippen LogP contribution < -0.4 is 24.8 Å². The molecule has 0 spiro atoms. The van der Waals surface area contributed by atoms with Crippen molar-refractivity contribution in [2.24, 2.45) is 0 Å². The number of benzene rings is 1. The highest BCUT2D eigenvalue weighted by molar-refractivity contribution is 8.01. The first-order valence-electron chi connectivity index (χ1n) is 8.72. The monoisotopic (exact) mass is 498 g/mol. The third kappa shape index (κ3) is 5.74. The minimum absolute atomic E-state index is 0.0753. The van der Waals surface area contributed by atoms with Gasteiger partial charge in [-0.3, -0.25) is 15.4 Å². The van der Waals surface area contributed by atoms with Crippen molar-refractivity contribution in [1.82, 2.24) is 20.4 Å². The molecule has 170 valence electrons. The van der Waals surface area contributed by atoms with E-state index >= 15 is 0 Å². The minimum Gasteiger partial charge on any atom is -0.493 e. The zero-order valence-electron chi connectivity index (χ0n) is 17.3. The molecule has 0 aliphatic heterocycles. The van der Waals surface area contributed by atoms with Crippen LogP contribution in [-0.2, 0) is 9.53 Å². The van der Waals surface area contributed by atoms with E-state index in [-0.39, 0.29) is 16.8 Å². The summed E-state index contributed by atoms with van der Waals surface area (Å²) in [7, 11) is 5.82. The van der Waals surface area contributed by atoms with Crippen LogP contribution in [-0.4, -0.2) is 66.6 Å². The van der Waals surface area contributed by atoms with E-state index in [4.69, 9.17) is 14.2 Å². The highest BCUT2D eigenvalue weighted by Gasteiger charge is 2.17. The second-order valence-corrected chi connectivity index (χ2v) is 8.83. The number of thioether (sulfide) groups is 1. The number of hydrogen-bond acceptors (Lipinski definition) is 13. The summed E-state index contributed by atoms with van der Waals surface area (Å²) in [6.07, 6.45) is -0.644. The van der Waals surface area contributed by atoms with Crippen LogP contribution in [0.3, 0.4) is 0 Å². The Kier molecular flexibility index (Phi) is 8.02. The summed E-state index contributed by atoms with van der Waals surface area (Å²) in [5, 5.41) is 22.1. The van der Waals surface area contributed by atoms with Crippen LogP contribution >= 0.6 is 34.4 Å². The second kappa shape index (κ2) is 10.9. The Labute approximate surface area is 194 Å². The van der Waals surface area contributed by atoms with E-state index in [9.17, 15) is 9.59 Å². The highest BCUT2D eigenvalue weighted by atomic mass is 32.2. The standard InChI is InChI=1S/C17H18N6O6S3/c1-26-9-5-8(6-10(27-2)12(9)28-3)13-20-21-14(31-13)18-11(24)7-30-17-23-22-15(32-17)19-16(25)29-4/h5-6H,7H2,1-4H3,(H,18,21,24)(H,19,22,25). The molecule has 0 aliphatic carbocycles. The van der Waals surface area contributed by atoms with E-state index in [1.54, 1.807) is 12.1 Å². The van der Waals surface area contributed by atoms with E-state index in [0.717, 1.165) is 11.3 Å². The number of nitrogens with one attached hydrogen (secondary N) is 2. The maximum atomic E-state index is 12.3. The topological polar surface area (TPSA) is 147 Å². The molecule has 0 atom stereocenters. The molecule has 15 heteroatoms. The van der Waals surface area contributed by atoms with Gasteiger partial charge in [0.25, 0.3) is 0 Å². The van der Waals surface area contributed by atoms with Crippen LogP contribution in [0.5, 0.6) is 17.2 Å². The summed E-state index contributed by atoms with van der Waals surface area (Å²) in [5.41, 5.74) is 0.700. The van der Waals surface area contributed by atoms with Gasteiger partial charge in [0.15, 0.2) is 15.8 Å². The third-order valence-corrected chi connectivity index (χ3v) is 6.57. The number of anilines is 2. The molecular weight excluding hydrogens is 480 g/mol. The zero-order valence-corrected chi connectivity index (χ0v) is 19.8. The minimum atomic E-state index is -0.644. The first-order chi connectivity index (χ1) is 15.5. The summed E-state index contributed by atoms with van der Waals surface area (Å²) in [4.78, 5) is 23.4. The summed E-state index contributed by atoms with van der Waals surface area (Å²) in [5.74, 6) is 1.22. The number of ether oxygens (including phenoxy) is 4. The quantitative estimate of drug-likeness (QED) is 0.331. The molecule has 0 saturated heterocycles. The van der Waals surface area contributed by atoms with Crippen LogP contribution in [0.2, 0.25) is 0 Å². The number of carbonyl (C=O) groups is 2. The van der Waals surface area contributed by atoms with E-state index in [0.29, 0.717) is 37.3 Å². The van der Waals surface area contributed by atoms with Gasteiger partial charge in [0.1, 0.15) is 5.01 Å². The molecule has 0 unspecified atom stereocenters. The highest BCUT2D eigenvalue weighted by Crippen LogP contribution is 2.42. The number of rotatable bonds is 9. The molecule has 0 bridgehead atoms. The van der Waals surface area contributed by atoms with Crippen molar-refractivity contribution in [2.75, 3.05) is 44.8 Å². The van der Waals surface area contributed by atoms with Gasteiger partial charge in [-0.2, -0.15) is 0 Å². The lowest BCUT2D eigenvalue weighted by Gasteiger charge is -2.13. The maximum absolute atomic E-state index is 12.3. The van der Waals surface area contributed by atoms with Crippen molar-refractivity contribution in [2.45, 2.75) is 4.34 Å². The Balaban J connectivity index is 1.62. The molecule has 2 N–H and O–H groups in total. The van der Waals surface area contributed by atoms with Crippen LogP contribution in [0.1, 0.15) is 0 Å². The molecule has 3 aromatic rings. The molecule has 0 fully saturated rings. The second-order valence-electron chi connectivity index (χ2n) is 5.65. The van der Waals surface area contributed by atoms with Crippen molar-refractivity contribution < 1.29 is 28.5 Å². The Morgan fingerprint density at radius 2 is 1.56 bits per heavy atom. The average Bonchev–Trinajstić information content (AvgIpc) is 3.46. The van der Waals surface area contributed by atoms with Gasteiger partial charge in [-0.15, -0.1) is 20.4 Å². The molecule has 2 aromatic heterocycles. The van der Waals surface area contributed by atoms with Gasteiger partial charge in [-0.1, -0.05) is 34.4 Å². The number of carbonyl (C=O) groups excluding carboxylic acids is 2. The van der Waals surface area contributed by atoms with Crippen molar-refractivity contribution in [3.63, 3.8) is 0 Å². The Morgan fingerprint density at radius 3 is 2.19 bits per heavy atom.